The van der Waals surface area contributed by atoms with Crippen LogP contribution in [0.4, 0.5) is 11.4 Å². The van der Waals surface area contributed by atoms with Gasteiger partial charge in [-0.3, -0.25) is 9.69 Å². The summed E-state index contributed by atoms with van der Waals surface area (Å²) in [6.45, 7) is 0.690. The Balaban J connectivity index is 1.55. The molecule has 0 N–H and O–H groups in total. The average molecular weight is 513 g/mol. The van der Waals surface area contributed by atoms with Gasteiger partial charge < -0.3 is 9.47 Å². The summed E-state index contributed by atoms with van der Waals surface area (Å²) in [5.41, 5.74) is 4.81. The number of rotatable bonds is 3. The molecule has 0 radical (unpaired) electrons. The van der Waals surface area contributed by atoms with Crippen molar-refractivity contribution in [3.63, 3.8) is 0 Å². The van der Waals surface area contributed by atoms with Crippen molar-refractivity contribution in [2.45, 2.75) is 5.79 Å². The maximum absolute atomic E-state index is 13.8. The van der Waals surface area contributed by atoms with E-state index >= 15 is 0 Å². The lowest BCUT2D eigenvalue weighted by Crippen LogP contribution is -2.39. The summed E-state index contributed by atoms with van der Waals surface area (Å²) in [4.78, 5) is 15.5. The number of nitriles is 1. The zero-order valence-electron chi connectivity index (χ0n) is 17.8. The van der Waals surface area contributed by atoms with Crippen molar-refractivity contribution in [1.82, 2.24) is 9.78 Å². The number of ether oxygens (including phenoxy) is 2. The topological polar surface area (TPSA) is 80.4 Å². The second-order valence-corrected chi connectivity index (χ2v) is 8.86. The number of carbonyl (C=O) groups excluding carboxylic acids is 1. The Morgan fingerprint density at radius 1 is 0.941 bits per heavy atom. The van der Waals surface area contributed by atoms with Crippen molar-refractivity contribution >= 4 is 33.2 Å². The molecule has 0 aliphatic carbocycles. The Morgan fingerprint density at radius 3 is 2.35 bits per heavy atom. The number of anilines is 2. The van der Waals surface area contributed by atoms with Gasteiger partial charge in [-0.05, 0) is 42.5 Å². The normalized spacial score (nSPS) is 16.1. The zero-order chi connectivity index (χ0) is 23.3. The van der Waals surface area contributed by atoms with Gasteiger partial charge in [0, 0.05) is 15.6 Å². The van der Waals surface area contributed by atoms with Crippen LogP contribution in [0.25, 0.3) is 16.9 Å². The fourth-order valence-corrected chi connectivity index (χ4v) is 4.68. The summed E-state index contributed by atoms with van der Waals surface area (Å²) in [5, 5.41) is 14.0. The van der Waals surface area contributed by atoms with Crippen LogP contribution in [0.5, 0.6) is 0 Å². The Bertz CT molecular complexity index is 1450. The lowest BCUT2D eigenvalue weighted by atomic mass is 10.1. The van der Waals surface area contributed by atoms with Crippen LogP contribution in [0, 0.1) is 11.3 Å². The minimum Gasteiger partial charge on any atom is -0.336 e. The molecule has 0 unspecified atom stereocenters. The van der Waals surface area contributed by atoms with E-state index in [2.05, 4.69) is 22.0 Å². The van der Waals surface area contributed by atoms with Gasteiger partial charge in [0.1, 0.15) is 5.69 Å². The number of halogens is 1. The molecule has 0 atom stereocenters. The third kappa shape index (κ3) is 3.10. The highest BCUT2D eigenvalue weighted by Gasteiger charge is 2.57. The summed E-state index contributed by atoms with van der Waals surface area (Å²) in [5.74, 6) is -1.74. The number of fused-ring (bicyclic) bond motifs is 2. The number of carbonyl (C=O) groups is 1. The van der Waals surface area contributed by atoms with Gasteiger partial charge in [0.05, 0.1) is 48.1 Å². The third-order valence-corrected chi connectivity index (χ3v) is 6.52. The second kappa shape index (κ2) is 7.92. The van der Waals surface area contributed by atoms with Gasteiger partial charge >= 0.3 is 0 Å². The van der Waals surface area contributed by atoms with Crippen LogP contribution in [0.15, 0.2) is 83.5 Å². The van der Waals surface area contributed by atoms with Crippen LogP contribution in [-0.2, 0) is 20.1 Å². The van der Waals surface area contributed by atoms with Gasteiger partial charge in [-0.2, -0.15) is 10.4 Å². The Morgan fingerprint density at radius 2 is 1.65 bits per heavy atom. The lowest BCUT2D eigenvalue weighted by molar-refractivity contribution is -0.180. The van der Waals surface area contributed by atoms with Crippen molar-refractivity contribution in [1.29, 1.82) is 5.26 Å². The van der Waals surface area contributed by atoms with Gasteiger partial charge in [0.2, 0.25) is 0 Å². The van der Waals surface area contributed by atoms with Gasteiger partial charge in [-0.25, -0.2) is 4.68 Å². The highest BCUT2D eigenvalue weighted by molar-refractivity contribution is 9.10. The lowest BCUT2D eigenvalue weighted by Gasteiger charge is -2.22. The molecule has 0 saturated carbocycles. The summed E-state index contributed by atoms with van der Waals surface area (Å²) >= 11 is 3.48. The van der Waals surface area contributed by atoms with Crippen LogP contribution in [0.2, 0.25) is 0 Å². The van der Waals surface area contributed by atoms with Crippen LogP contribution >= 0.6 is 15.9 Å². The van der Waals surface area contributed by atoms with E-state index in [1.54, 1.807) is 21.7 Å². The first-order chi connectivity index (χ1) is 16.6. The van der Waals surface area contributed by atoms with E-state index in [9.17, 15) is 4.79 Å². The molecule has 1 fully saturated rings. The predicted octanol–water partition coefficient (Wildman–Crippen LogP) is 5.05. The molecule has 1 aromatic heterocycles. The number of hydrogen-bond acceptors (Lipinski definition) is 5. The zero-order valence-corrected chi connectivity index (χ0v) is 19.4. The summed E-state index contributed by atoms with van der Waals surface area (Å²) in [6, 6.07) is 24.5. The Kier molecular flexibility index (Phi) is 4.85. The number of nitrogens with zero attached hydrogens (tertiary/aromatic N) is 4. The summed E-state index contributed by atoms with van der Waals surface area (Å²) < 4.78 is 14.4. The van der Waals surface area contributed by atoms with Gasteiger partial charge in [-0.1, -0.05) is 46.3 Å². The standard InChI is InChI=1S/C26H17BrN4O3/c27-19-9-7-18(8-10-19)24-23(16-30(29-24)20-11-5-17(15-28)6-12-20)31-22-4-2-1-3-21(22)26(25(31)32)33-13-14-34-26/h1-12,16H,13-14H2. The average Bonchev–Trinajstić information content (AvgIpc) is 3.59. The van der Waals surface area contributed by atoms with Crippen molar-refractivity contribution in [2.24, 2.45) is 0 Å². The molecule has 1 spiro atoms. The number of para-hydroxylation sites is 1. The van der Waals surface area contributed by atoms with E-state index in [1.807, 2.05) is 66.9 Å². The molecular formula is C26H17BrN4O3. The maximum atomic E-state index is 13.8. The highest BCUT2D eigenvalue weighted by Crippen LogP contribution is 2.50. The van der Waals surface area contributed by atoms with E-state index in [4.69, 9.17) is 19.8 Å². The quantitative estimate of drug-likeness (QED) is 0.383. The Labute approximate surface area is 203 Å². The molecule has 4 aromatic rings. The molecular weight excluding hydrogens is 496 g/mol. The van der Waals surface area contributed by atoms with E-state index in [0.717, 1.165) is 15.7 Å². The fourth-order valence-electron chi connectivity index (χ4n) is 4.41. The first kappa shape index (κ1) is 20.8. The molecule has 1 saturated heterocycles. The minimum absolute atomic E-state index is 0.302. The number of aromatic nitrogens is 2. The smallest absolute Gasteiger partial charge is 0.297 e. The van der Waals surface area contributed by atoms with E-state index in [1.165, 1.54) is 0 Å². The van der Waals surface area contributed by atoms with Crippen LogP contribution in [0.1, 0.15) is 11.1 Å². The largest absolute Gasteiger partial charge is 0.336 e. The molecule has 166 valence electrons. The first-order valence-electron chi connectivity index (χ1n) is 10.7. The van der Waals surface area contributed by atoms with Gasteiger partial charge in [-0.15, -0.1) is 0 Å². The number of hydrogen-bond donors (Lipinski definition) is 0. The molecule has 2 aliphatic rings. The predicted molar refractivity (Wildman–Crippen MR) is 129 cm³/mol. The molecule has 0 bridgehead atoms. The molecule has 1 amide bonds. The number of amides is 1. The van der Waals surface area contributed by atoms with Crippen molar-refractivity contribution < 1.29 is 14.3 Å². The van der Waals surface area contributed by atoms with Crippen molar-refractivity contribution in [2.75, 3.05) is 18.1 Å². The molecule has 2 aliphatic heterocycles. The summed E-state index contributed by atoms with van der Waals surface area (Å²) in [7, 11) is 0. The molecule has 3 heterocycles. The highest BCUT2D eigenvalue weighted by atomic mass is 79.9. The molecule has 7 nitrogen and oxygen atoms in total. The maximum Gasteiger partial charge on any atom is 0.297 e. The SMILES string of the molecule is N#Cc1ccc(-n2cc(N3C(=O)C4(OCCO4)c4ccccc43)c(-c3ccc(Br)cc3)n2)cc1. The first-order valence-corrected chi connectivity index (χ1v) is 11.5. The van der Waals surface area contributed by atoms with E-state index < -0.39 is 5.79 Å². The van der Waals surface area contributed by atoms with Crippen molar-refractivity contribution in [3.8, 4) is 23.0 Å². The summed E-state index contributed by atoms with van der Waals surface area (Å²) in [6.07, 6.45) is 1.82. The molecule has 8 heteroatoms. The Hall–Kier alpha value is -3.77. The molecule has 6 rings (SSSR count). The van der Waals surface area contributed by atoms with E-state index in [-0.39, 0.29) is 5.91 Å². The molecule has 34 heavy (non-hydrogen) atoms. The van der Waals surface area contributed by atoms with Gasteiger partial charge in [0.25, 0.3) is 11.7 Å². The number of benzene rings is 3. The van der Waals surface area contributed by atoms with Crippen LogP contribution < -0.4 is 4.90 Å². The monoisotopic (exact) mass is 512 g/mol. The van der Waals surface area contributed by atoms with Crippen LogP contribution in [-0.4, -0.2) is 28.9 Å². The second-order valence-electron chi connectivity index (χ2n) is 7.94. The van der Waals surface area contributed by atoms with E-state index in [0.29, 0.717) is 41.4 Å². The fraction of sp³-hybridized carbons (Fsp3) is 0.115. The van der Waals surface area contributed by atoms with Crippen LogP contribution in [0.3, 0.4) is 0 Å². The van der Waals surface area contributed by atoms with Crippen molar-refractivity contribution in [3.05, 3.63) is 94.6 Å². The molecule has 3 aromatic carbocycles. The minimum atomic E-state index is -1.44. The third-order valence-electron chi connectivity index (χ3n) is 5.99. The van der Waals surface area contributed by atoms with Gasteiger partial charge in [0.15, 0.2) is 0 Å².